The highest BCUT2D eigenvalue weighted by Crippen LogP contribution is 2.17. The molecule has 0 bridgehead atoms. The third-order valence-corrected chi connectivity index (χ3v) is 2.73. The first-order valence-electron chi connectivity index (χ1n) is 5.47. The standard InChI is InChI=1S/C11H20N2O/c12-9-11(7-8-14)13-10-5-3-1-2-4-6-10/h7-8,10,13H,1-6,9,12H2/b11-7+. The van der Waals surface area contributed by atoms with E-state index in [4.69, 9.17) is 5.73 Å². The largest absolute Gasteiger partial charge is 0.384 e. The molecule has 3 heteroatoms. The van der Waals surface area contributed by atoms with Crippen LogP contribution in [-0.2, 0) is 4.79 Å². The van der Waals surface area contributed by atoms with Crippen LogP contribution < -0.4 is 11.1 Å². The number of aldehydes is 1. The molecule has 80 valence electrons. The molecule has 1 rings (SSSR count). The molecule has 1 aliphatic carbocycles. The van der Waals surface area contributed by atoms with E-state index in [1.54, 1.807) is 0 Å². The number of nitrogens with one attached hydrogen (secondary N) is 1. The zero-order chi connectivity index (χ0) is 10.2. The predicted octanol–water partition coefficient (Wildman–Crippen LogP) is 1.34. The second kappa shape index (κ2) is 6.60. The van der Waals surface area contributed by atoms with Crippen molar-refractivity contribution in [3.05, 3.63) is 11.8 Å². The van der Waals surface area contributed by atoms with Crippen molar-refractivity contribution in [3.63, 3.8) is 0 Å². The molecule has 0 aliphatic heterocycles. The third-order valence-electron chi connectivity index (χ3n) is 2.73. The van der Waals surface area contributed by atoms with Gasteiger partial charge in [-0.1, -0.05) is 25.7 Å². The van der Waals surface area contributed by atoms with E-state index in [2.05, 4.69) is 5.32 Å². The Morgan fingerprint density at radius 1 is 1.29 bits per heavy atom. The average Bonchev–Trinajstić information content (AvgIpc) is 2.45. The number of hydrogen-bond acceptors (Lipinski definition) is 3. The summed E-state index contributed by atoms with van der Waals surface area (Å²) in [7, 11) is 0. The summed E-state index contributed by atoms with van der Waals surface area (Å²) in [4.78, 5) is 10.3. The van der Waals surface area contributed by atoms with Crippen molar-refractivity contribution in [3.8, 4) is 0 Å². The molecule has 0 aromatic carbocycles. The average molecular weight is 196 g/mol. The number of allylic oxidation sites excluding steroid dienone is 1. The summed E-state index contributed by atoms with van der Waals surface area (Å²) in [6.45, 7) is 0.426. The van der Waals surface area contributed by atoms with Crippen molar-refractivity contribution in [2.45, 2.75) is 44.6 Å². The highest BCUT2D eigenvalue weighted by atomic mass is 16.1. The monoisotopic (exact) mass is 196 g/mol. The Morgan fingerprint density at radius 2 is 1.93 bits per heavy atom. The first kappa shape index (κ1) is 11.2. The summed E-state index contributed by atoms with van der Waals surface area (Å²) < 4.78 is 0. The van der Waals surface area contributed by atoms with Gasteiger partial charge in [0.2, 0.25) is 0 Å². The Morgan fingerprint density at radius 3 is 2.43 bits per heavy atom. The molecule has 1 saturated carbocycles. The molecule has 0 unspecified atom stereocenters. The Kier molecular flexibility index (Phi) is 5.30. The van der Waals surface area contributed by atoms with Crippen molar-refractivity contribution in [2.24, 2.45) is 5.73 Å². The lowest BCUT2D eigenvalue weighted by molar-refractivity contribution is -0.104. The van der Waals surface area contributed by atoms with Gasteiger partial charge >= 0.3 is 0 Å². The lowest BCUT2D eigenvalue weighted by atomic mass is 10.1. The van der Waals surface area contributed by atoms with Gasteiger partial charge in [0.25, 0.3) is 0 Å². The molecular weight excluding hydrogens is 176 g/mol. The van der Waals surface area contributed by atoms with Crippen molar-refractivity contribution in [1.29, 1.82) is 0 Å². The highest BCUT2D eigenvalue weighted by Gasteiger charge is 2.11. The first-order valence-corrected chi connectivity index (χ1v) is 5.47. The highest BCUT2D eigenvalue weighted by molar-refractivity contribution is 5.66. The minimum absolute atomic E-state index is 0.426. The summed E-state index contributed by atoms with van der Waals surface area (Å²) in [6, 6.07) is 0.521. The zero-order valence-electron chi connectivity index (χ0n) is 8.67. The number of carbonyl (C=O) groups is 1. The lowest BCUT2D eigenvalue weighted by Gasteiger charge is -2.18. The molecule has 3 nitrogen and oxygen atoms in total. The van der Waals surface area contributed by atoms with Crippen LogP contribution in [0, 0.1) is 0 Å². The fourth-order valence-electron chi connectivity index (χ4n) is 1.94. The molecule has 1 aliphatic rings. The Labute approximate surface area is 85.7 Å². The van der Waals surface area contributed by atoms with Crippen molar-refractivity contribution >= 4 is 6.29 Å². The van der Waals surface area contributed by atoms with Gasteiger partial charge in [-0.15, -0.1) is 0 Å². The van der Waals surface area contributed by atoms with E-state index in [1.807, 2.05) is 0 Å². The molecule has 0 amide bonds. The SMILES string of the molecule is NC/C(=C\C=O)NC1CCCCCC1. The second-order valence-corrected chi connectivity index (χ2v) is 3.86. The summed E-state index contributed by atoms with van der Waals surface area (Å²) in [6.07, 6.45) is 10.00. The predicted molar refractivity (Wildman–Crippen MR) is 57.8 cm³/mol. The molecular formula is C11H20N2O. The fourth-order valence-corrected chi connectivity index (χ4v) is 1.94. The Hall–Kier alpha value is -0.830. The maximum Gasteiger partial charge on any atom is 0.144 e. The van der Waals surface area contributed by atoms with E-state index in [-0.39, 0.29) is 0 Å². The summed E-state index contributed by atoms with van der Waals surface area (Å²) in [5.74, 6) is 0. The van der Waals surface area contributed by atoms with Crippen LogP contribution in [0.5, 0.6) is 0 Å². The van der Waals surface area contributed by atoms with E-state index in [0.29, 0.717) is 12.6 Å². The van der Waals surface area contributed by atoms with Gasteiger partial charge in [-0.3, -0.25) is 4.79 Å². The van der Waals surface area contributed by atoms with Gasteiger partial charge in [0.15, 0.2) is 0 Å². The number of carbonyl (C=O) groups excluding carboxylic acids is 1. The maximum absolute atomic E-state index is 10.3. The molecule has 0 heterocycles. The first-order chi connectivity index (χ1) is 6.86. The van der Waals surface area contributed by atoms with Gasteiger partial charge in [0, 0.05) is 18.3 Å². The minimum Gasteiger partial charge on any atom is -0.384 e. The van der Waals surface area contributed by atoms with Crippen molar-refractivity contribution < 1.29 is 4.79 Å². The maximum atomic E-state index is 10.3. The van der Waals surface area contributed by atoms with Gasteiger partial charge in [0.05, 0.1) is 0 Å². The number of nitrogens with two attached hydrogens (primary N) is 1. The minimum atomic E-state index is 0.426. The van der Waals surface area contributed by atoms with Crippen molar-refractivity contribution in [1.82, 2.24) is 5.32 Å². The fraction of sp³-hybridized carbons (Fsp3) is 0.727. The van der Waals surface area contributed by atoms with Crippen LogP contribution in [0.15, 0.2) is 11.8 Å². The Bertz CT molecular complexity index is 193. The van der Waals surface area contributed by atoms with Gasteiger partial charge in [-0.25, -0.2) is 0 Å². The molecule has 0 aromatic heterocycles. The van der Waals surface area contributed by atoms with E-state index in [0.717, 1.165) is 12.0 Å². The number of rotatable bonds is 4. The molecule has 14 heavy (non-hydrogen) atoms. The number of hydrogen-bond donors (Lipinski definition) is 2. The summed E-state index contributed by atoms with van der Waals surface area (Å²) in [5, 5.41) is 3.35. The molecule has 0 saturated heterocycles. The van der Waals surface area contributed by atoms with Gasteiger partial charge in [0.1, 0.15) is 6.29 Å². The van der Waals surface area contributed by atoms with Crippen LogP contribution in [0.1, 0.15) is 38.5 Å². The molecule has 0 atom stereocenters. The second-order valence-electron chi connectivity index (χ2n) is 3.86. The van der Waals surface area contributed by atoms with Crippen LogP contribution in [0.25, 0.3) is 0 Å². The molecule has 1 fully saturated rings. The summed E-state index contributed by atoms with van der Waals surface area (Å²) >= 11 is 0. The van der Waals surface area contributed by atoms with Crippen LogP contribution in [0.2, 0.25) is 0 Å². The van der Waals surface area contributed by atoms with Gasteiger partial charge in [-0.05, 0) is 18.9 Å². The lowest BCUT2D eigenvalue weighted by Crippen LogP contribution is -2.31. The smallest absolute Gasteiger partial charge is 0.144 e. The Balaban J connectivity index is 2.39. The third kappa shape index (κ3) is 3.92. The van der Waals surface area contributed by atoms with Crippen LogP contribution >= 0.6 is 0 Å². The molecule has 0 radical (unpaired) electrons. The van der Waals surface area contributed by atoms with Gasteiger partial charge in [-0.2, -0.15) is 0 Å². The van der Waals surface area contributed by atoms with E-state index >= 15 is 0 Å². The molecule has 0 aromatic rings. The van der Waals surface area contributed by atoms with Crippen LogP contribution in [-0.4, -0.2) is 18.9 Å². The van der Waals surface area contributed by atoms with E-state index in [9.17, 15) is 4.79 Å². The molecule has 0 spiro atoms. The van der Waals surface area contributed by atoms with Crippen LogP contribution in [0.3, 0.4) is 0 Å². The molecule has 3 N–H and O–H groups in total. The zero-order valence-corrected chi connectivity index (χ0v) is 8.67. The van der Waals surface area contributed by atoms with Crippen molar-refractivity contribution in [2.75, 3.05) is 6.54 Å². The summed E-state index contributed by atoms with van der Waals surface area (Å²) in [5.41, 5.74) is 6.39. The van der Waals surface area contributed by atoms with Gasteiger partial charge < -0.3 is 11.1 Å². The van der Waals surface area contributed by atoms with Crippen LogP contribution in [0.4, 0.5) is 0 Å². The quantitative estimate of drug-likeness (QED) is 0.405. The topological polar surface area (TPSA) is 55.1 Å². The normalized spacial score (nSPS) is 20.2. The van der Waals surface area contributed by atoms with E-state index in [1.165, 1.54) is 44.6 Å². The van der Waals surface area contributed by atoms with E-state index < -0.39 is 0 Å².